The van der Waals surface area contributed by atoms with Gasteiger partial charge in [-0.2, -0.15) is 0 Å². The van der Waals surface area contributed by atoms with Crippen LogP contribution in [0, 0.1) is 18.8 Å². The van der Waals surface area contributed by atoms with Crippen molar-refractivity contribution in [1.82, 2.24) is 10.3 Å². The zero-order valence-corrected chi connectivity index (χ0v) is 10.5. The molecule has 1 N–H and O–H groups in total. The van der Waals surface area contributed by atoms with E-state index in [2.05, 4.69) is 37.1 Å². The third-order valence-electron chi connectivity index (χ3n) is 3.97. The number of aromatic nitrogens is 1. The lowest BCUT2D eigenvalue weighted by atomic mass is 9.98. The predicted molar refractivity (Wildman–Crippen MR) is 67.2 cm³/mol. The highest BCUT2D eigenvalue weighted by molar-refractivity contribution is 5.16. The molecule has 0 amide bonds. The Morgan fingerprint density at radius 1 is 1.31 bits per heavy atom. The van der Waals surface area contributed by atoms with Gasteiger partial charge in [-0.05, 0) is 42.7 Å². The maximum Gasteiger partial charge on any atom is 0.0313 e. The topological polar surface area (TPSA) is 24.9 Å². The van der Waals surface area contributed by atoms with E-state index in [4.69, 9.17) is 0 Å². The minimum Gasteiger partial charge on any atom is -0.310 e. The average molecular weight is 218 g/mol. The Morgan fingerprint density at radius 2 is 2.12 bits per heavy atom. The second kappa shape index (κ2) is 4.96. The molecule has 88 valence electrons. The highest BCUT2D eigenvalue weighted by Crippen LogP contribution is 2.31. The number of hydrogen-bond donors (Lipinski definition) is 1. The van der Waals surface area contributed by atoms with E-state index in [1.807, 2.05) is 12.4 Å². The van der Waals surface area contributed by atoms with Crippen LogP contribution in [0.5, 0.6) is 0 Å². The molecule has 0 aliphatic heterocycles. The van der Waals surface area contributed by atoms with Gasteiger partial charge in [-0.1, -0.05) is 19.9 Å². The SMILES string of the molecule is Cc1cncc(CNC2CCC(C)C2C)c1. The number of rotatable bonds is 3. The first-order chi connectivity index (χ1) is 7.66. The molecule has 3 atom stereocenters. The average Bonchev–Trinajstić information content (AvgIpc) is 2.57. The van der Waals surface area contributed by atoms with E-state index in [9.17, 15) is 0 Å². The van der Waals surface area contributed by atoms with Crippen LogP contribution in [-0.4, -0.2) is 11.0 Å². The minimum absolute atomic E-state index is 0.690. The summed E-state index contributed by atoms with van der Waals surface area (Å²) >= 11 is 0. The molecule has 2 heteroatoms. The summed E-state index contributed by atoms with van der Waals surface area (Å²) in [6, 6.07) is 2.90. The number of pyridine rings is 1. The highest BCUT2D eigenvalue weighted by atomic mass is 14.9. The Morgan fingerprint density at radius 3 is 2.75 bits per heavy atom. The van der Waals surface area contributed by atoms with Crippen LogP contribution in [-0.2, 0) is 6.54 Å². The lowest BCUT2D eigenvalue weighted by molar-refractivity contribution is 0.369. The van der Waals surface area contributed by atoms with Gasteiger partial charge >= 0.3 is 0 Å². The summed E-state index contributed by atoms with van der Waals surface area (Å²) in [6.45, 7) is 7.78. The molecule has 1 aliphatic rings. The van der Waals surface area contributed by atoms with Gasteiger partial charge in [0.15, 0.2) is 0 Å². The first-order valence-electron chi connectivity index (χ1n) is 6.30. The number of aryl methyl sites for hydroxylation is 1. The van der Waals surface area contributed by atoms with Crippen molar-refractivity contribution in [2.24, 2.45) is 11.8 Å². The van der Waals surface area contributed by atoms with Crippen LogP contribution in [0.15, 0.2) is 18.5 Å². The molecule has 2 rings (SSSR count). The largest absolute Gasteiger partial charge is 0.310 e. The lowest BCUT2D eigenvalue weighted by Gasteiger charge is -2.19. The molecule has 3 unspecified atom stereocenters. The fourth-order valence-electron chi connectivity index (χ4n) is 2.62. The smallest absolute Gasteiger partial charge is 0.0313 e. The van der Waals surface area contributed by atoms with E-state index in [1.54, 1.807) is 0 Å². The molecule has 1 aliphatic carbocycles. The summed E-state index contributed by atoms with van der Waals surface area (Å²) in [7, 11) is 0. The Balaban J connectivity index is 1.88. The zero-order valence-electron chi connectivity index (χ0n) is 10.5. The van der Waals surface area contributed by atoms with Gasteiger partial charge in [0.2, 0.25) is 0 Å². The van der Waals surface area contributed by atoms with Gasteiger partial charge in [-0.3, -0.25) is 4.98 Å². The molecular weight excluding hydrogens is 196 g/mol. The van der Waals surface area contributed by atoms with Crippen LogP contribution in [0.4, 0.5) is 0 Å². The molecule has 2 nitrogen and oxygen atoms in total. The summed E-state index contributed by atoms with van der Waals surface area (Å²) in [4.78, 5) is 4.22. The molecule has 1 heterocycles. The first kappa shape index (κ1) is 11.6. The summed E-state index contributed by atoms with van der Waals surface area (Å²) in [5, 5.41) is 3.67. The van der Waals surface area contributed by atoms with Crippen LogP contribution in [0.2, 0.25) is 0 Å². The molecule has 1 aromatic rings. The Labute approximate surface area is 98.5 Å². The van der Waals surface area contributed by atoms with Gasteiger partial charge in [-0.25, -0.2) is 0 Å². The van der Waals surface area contributed by atoms with Gasteiger partial charge < -0.3 is 5.32 Å². The third-order valence-corrected chi connectivity index (χ3v) is 3.97. The minimum atomic E-state index is 0.690. The molecule has 0 radical (unpaired) electrons. The highest BCUT2D eigenvalue weighted by Gasteiger charge is 2.28. The van der Waals surface area contributed by atoms with E-state index in [0.29, 0.717) is 6.04 Å². The summed E-state index contributed by atoms with van der Waals surface area (Å²) < 4.78 is 0. The van der Waals surface area contributed by atoms with E-state index in [1.165, 1.54) is 24.0 Å². The lowest BCUT2D eigenvalue weighted by Crippen LogP contribution is -2.31. The normalized spacial score (nSPS) is 29.6. The monoisotopic (exact) mass is 218 g/mol. The Hall–Kier alpha value is -0.890. The quantitative estimate of drug-likeness (QED) is 0.843. The van der Waals surface area contributed by atoms with E-state index >= 15 is 0 Å². The fraction of sp³-hybridized carbons (Fsp3) is 0.643. The summed E-state index contributed by atoms with van der Waals surface area (Å²) in [6.07, 6.45) is 6.55. The van der Waals surface area contributed by atoms with Crippen LogP contribution in [0.25, 0.3) is 0 Å². The zero-order chi connectivity index (χ0) is 11.5. The molecule has 16 heavy (non-hydrogen) atoms. The number of nitrogens with zero attached hydrogens (tertiary/aromatic N) is 1. The van der Waals surface area contributed by atoms with Gasteiger partial charge in [0.1, 0.15) is 0 Å². The van der Waals surface area contributed by atoms with Crippen LogP contribution in [0.1, 0.15) is 37.8 Å². The van der Waals surface area contributed by atoms with Crippen molar-refractivity contribution in [3.63, 3.8) is 0 Å². The van der Waals surface area contributed by atoms with E-state index < -0.39 is 0 Å². The maximum absolute atomic E-state index is 4.22. The second-order valence-electron chi connectivity index (χ2n) is 5.27. The first-order valence-corrected chi connectivity index (χ1v) is 6.30. The molecule has 1 saturated carbocycles. The maximum atomic E-state index is 4.22. The van der Waals surface area contributed by atoms with Crippen molar-refractivity contribution < 1.29 is 0 Å². The molecule has 0 aromatic carbocycles. The van der Waals surface area contributed by atoms with Gasteiger partial charge in [-0.15, -0.1) is 0 Å². The summed E-state index contributed by atoms with van der Waals surface area (Å²) in [5.41, 5.74) is 2.54. The molecule has 0 saturated heterocycles. The van der Waals surface area contributed by atoms with Crippen molar-refractivity contribution in [3.05, 3.63) is 29.6 Å². The Kier molecular flexibility index (Phi) is 3.59. The predicted octanol–water partition coefficient (Wildman–Crippen LogP) is 2.91. The van der Waals surface area contributed by atoms with Crippen LogP contribution >= 0.6 is 0 Å². The summed E-state index contributed by atoms with van der Waals surface area (Å²) in [5.74, 6) is 1.67. The number of nitrogens with one attached hydrogen (secondary N) is 1. The standard InChI is InChI=1S/C14H22N2/c1-10-6-13(8-15-7-10)9-16-14-5-4-11(2)12(14)3/h6-8,11-12,14,16H,4-5,9H2,1-3H3. The van der Waals surface area contributed by atoms with E-state index in [-0.39, 0.29) is 0 Å². The second-order valence-corrected chi connectivity index (χ2v) is 5.27. The van der Waals surface area contributed by atoms with Gasteiger partial charge in [0, 0.05) is 25.0 Å². The van der Waals surface area contributed by atoms with Crippen molar-refractivity contribution in [2.75, 3.05) is 0 Å². The van der Waals surface area contributed by atoms with E-state index in [0.717, 1.165) is 18.4 Å². The fourth-order valence-corrected chi connectivity index (χ4v) is 2.62. The number of hydrogen-bond acceptors (Lipinski definition) is 2. The van der Waals surface area contributed by atoms with Crippen molar-refractivity contribution >= 4 is 0 Å². The van der Waals surface area contributed by atoms with Crippen LogP contribution < -0.4 is 5.32 Å². The molecule has 0 bridgehead atoms. The molecule has 1 aromatic heterocycles. The van der Waals surface area contributed by atoms with Crippen molar-refractivity contribution in [2.45, 2.75) is 46.2 Å². The van der Waals surface area contributed by atoms with Gasteiger partial charge in [0.25, 0.3) is 0 Å². The molecule has 1 fully saturated rings. The Bertz CT molecular complexity index is 348. The van der Waals surface area contributed by atoms with Gasteiger partial charge in [0.05, 0.1) is 0 Å². The third kappa shape index (κ3) is 2.62. The molecular formula is C14H22N2. The molecule has 0 spiro atoms. The van der Waals surface area contributed by atoms with Crippen LogP contribution in [0.3, 0.4) is 0 Å². The van der Waals surface area contributed by atoms with Crippen molar-refractivity contribution in [1.29, 1.82) is 0 Å². The van der Waals surface area contributed by atoms with Crippen molar-refractivity contribution in [3.8, 4) is 0 Å².